The number of halogens is 6. The van der Waals surface area contributed by atoms with E-state index in [4.69, 9.17) is 5.73 Å². The highest BCUT2D eigenvalue weighted by molar-refractivity contribution is 5.35. The fourth-order valence-corrected chi connectivity index (χ4v) is 1.78. The molecule has 0 aliphatic heterocycles. The Morgan fingerprint density at radius 3 is 1.57 bits per heavy atom. The molecular formula is C13H15F6NO. The van der Waals surface area contributed by atoms with Crippen LogP contribution in [-0.2, 0) is 12.4 Å². The molecule has 0 radical (unpaired) electrons. The number of aliphatic hydroxyl groups is 1. The number of benzene rings is 1. The molecule has 120 valence electrons. The Morgan fingerprint density at radius 1 is 0.905 bits per heavy atom. The van der Waals surface area contributed by atoms with Crippen molar-refractivity contribution in [3.05, 3.63) is 34.9 Å². The van der Waals surface area contributed by atoms with E-state index in [0.717, 1.165) is 0 Å². The van der Waals surface area contributed by atoms with Crippen molar-refractivity contribution >= 4 is 0 Å². The van der Waals surface area contributed by atoms with Gasteiger partial charge in [-0.1, -0.05) is 13.8 Å². The van der Waals surface area contributed by atoms with E-state index in [9.17, 15) is 31.4 Å². The summed E-state index contributed by atoms with van der Waals surface area (Å²) in [4.78, 5) is 0. The van der Waals surface area contributed by atoms with Crippen LogP contribution in [0.3, 0.4) is 0 Å². The van der Waals surface area contributed by atoms with Crippen LogP contribution in [0.25, 0.3) is 0 Å². The van der Waals surface area contributed by atoms with Gasteiger partial charge >= 0.3 is 12.4 Å². The van der Waals surface area contributed by atoms with Crippen molar-refractivity contribution in [1.29, 1.82) is 0 Å². The maximum absolute atomic E-state index is 12.7. The summed E-state index contributed by atoms with van der Waals surface area (Å²) < 4.78 is 76.1. The maximum atomic E-state index is 12.7. The zero-order valence-corrected chi connectivity index (χ0v) is 11.3. The van der Waals surface area contributed by atoms with Gasteiger partial charge in [-0.15, -0.1) is 0 Å². The van der Waals surface area contributed by atoms with Gasteiger partial charge in [0.25, 0.3) is 0 Å². The second-order valence-corrected chi connectivity index (χ2v) is 5.10. The molecule has 0 spiro atoms. The van der Waals surface area contributed by atoms with Gasteiger partial charge < -0.3 is 10.8 Å². The second kappa shape index (κ2) is 5.84. The molecule has 0 saturated carbocycles. The van der Waals surface area contributed by atoms with E-state index in [2.05, 4.69) is 0 Å². The van der Waals surface area contributed by atoms with Crippen molar-refractivity contribution in [2.45, 2.75) is 38.3 Å². The lowest BCUT2D eigenvalue weighted by Crippen LogP contribution is -2.31. The Labute approximate surface area is 117 Å². The average molecular weight is 315 g/mol. The molecule has 2 atom stereocenters. The second-order valence-electron chi connectivity index (χ2n) is 5.10. The Hall–Kier alpha value is -1.28. The van der Waals surface area contributed by atoms with Gasteiger partial charge in [-0.2, -0.15) is 26.3 Å². The van der Waals surface area contributed by atoms with Gasteiger partial charge in [-0.3, -0.25) is 0 Å². The van der Waals surface area contributed by atoms with Crippen molar-refractivity contribution in [3.8, 4) is 0 Å². The fourth-order valence-electron chi connectivity index (χ4n) is 1.78. The lowest BCUT2D eigenvalue weighted by atomic mass is 9.92. The van der Waals surface area contributed by atoms with Crippen LogP contribution in [0.4, 0.5) is 26.3 Å². The van der Waals surface area contributed by atoms with E-state index >= 15 is 0 Å². The molecule has 0 aliphatic carbocycles. The number of nitrogens with two attached hydrogens (primary N) is 1. The van der Waals surface area contributed by atoms with Crippen LogP contribution in [0, 0.1) is 5.92 Å². The normalized spacial score (nSPS) is 16.1. The lowest BCUT2D eigenvalue weighted by molar-refractivity contribution is -0.143. The van der Waals surface area contributed by atoms with E-state index in [0.29, 0.717) is 12.1 Å². The Balaban J connectivity index is 3.39. The Kier molecular flexibility index (Phi) is 4.94. The molecule has 0 heterocycles. The maximum Gasteiger partial charge on any atom is 0.416 e. The molecule has 1 aromatic carbocycles. The number of rotatable bonds is 3. The van der Waals surface area contributed by atoms with Gasteiger partial charge in [0.05, 0.1) is 23.3 Å². The highest BCUT2D eigenvalue weighted by Gasteiger charge is 2.37. The van der Waals surface area contributed by atoms with Crippen molar-refractivity contribution in [2.75, 3.05) is 0 Å². The first-order valence-electron chi connectivity index (χ1n) is 6.07. The lowest BCUT2D eigenvalue weighted by Gasteiger charge is -2.24. The van der Waals surface area contributed by atoms with Crippen molar-refractivity contribution in [3.63, 3.8) is 0 Å². The predicted molar refractivity (Wildman–Crippen MR) is 64.2 cm³/mol. The van der Waals surface area contributed by atoms with Crippen molar-refractivity contribution in [2.24, 2.45) is 11.7 Å². The summed E-state index contributed by atoms with van der Waals surface area (Å²) >= 11 is 0. The van der Waals surface area contributed by atoms with E-state index < -0.39 is 47.1 Å². The van der Waals surface area contributed by atoms with E-state index in [1.54, 1.807) is 13.8 Å². The monoisotopic (exact) mass is 315 g/mol. The predicted octanol–water partition coefficient (Wildman–Crippen LogP) is 3.74. The molecule has 1 rings (SSSR count). The third kappa shape index (κ3) is 4.34. The molecule has 0 aliphatic rings. The molecule has 21 heavy (non-hydrogen) atoms. The molecule has 0 aromatic heterocycles. The summed E-state index contributed by atoms with van der Waals surface area (Å²) in [5.74, 6) is -0.413. The smallest absolute Gasteiger partial charge is 0.391 e. The molecule has 0 amide bonds. The van der Waals surface area contributed by atoms with Crippen molar-refractivity contribution < 1.29 is 31.4 Å². The van der Waals surface area contributed by atoms with Gasteiger partial charge in [0.15, 0.2) is 0 Å². The first-order valence-corrected chi connectivity index (χ1v) is 6.07. The van der Waals surface area contributed by atoms with Crippen LogP contribution in [0.15, 0.2) is 18.2 Å². The standard InChI is InChI=1S/C13H15F6NO/c1-6(2)11(21)10(20)7-3-8(12(14,15)16)5-9(4-7)13(17,18)19/h3-6,10-11,21H,20H2,1-2H3/t10-,11+/m0/s1. The number of hydrogen-bond acceptors (Lipinski definition) is 2. The highest BCUT2D eigenvalue weighted by atomic mass is 19.4. The number of hydrogen-bond donors (Lipinski definition) is 2. The fraction of sp³-hybridized carbons (Fsp3) is 0.538. The van der Waals surface area contributed by atoms with Crippen LogP contribution >= 0.6 is 0 Å². The van der Waals surface area contributed by atoms with Gasteiger partial charge in [-0.05, 0) is 29.7 Å². The summed E-state index contributed by atoms with van der Waals surface area (Å²) in [7, 11) is 0. The molecule has 0 unspecified atom stereocenters. The minimum absolute atomic E-state index is 0.0258. The third-order valence-electron chi connectivity index (χ3n) is 3.05. The van der Waals surface area contributed by atoms with E-state index in [1.807, 2.05) is 0 Å². The quantitative estimate of drug-likeness (QED) is 0.835. The summed E-state index contributed by atoms with van der Waals surface area (Å²) in [5.41, 5.74) is 2.28. The van der Waals surface area contributed by atoms with Gasteiger partial charge in [0.1, 0.15) is 0 Å². The van der Waals surface area contributed by atoms with Gasteiger partial charge in [0.2, 0.25) is 0 Å². The van der Waals surface area contributed by atoms with E-state index in [-0.39, 0.29) is 6.07 Å². The SMILES string of the molecule is CC(C)[C@@H](O)[C@@H](N)c1cc(C(F)(F)F)cc(C(F)(F)F)c1. The molecule has 0 bridgehead atoms. The first-order chi connectivity index (χ1) is 9.34. The van der Waals surface area contributed by atoms with Gasteiger partial charge in [-0.25, -0.2) is 0 Å². The zero-order chi connectivity index (χ0) is 16.6. The molecular weight excluding hydrogens is 300 g/mol. The molecule has 2 nitrogen and oxygen atoms in total. The molecule has 3 N–H and O–H groups in total. The highest BCUT2D eigenvalue weighted by Crippen LogP contribution is 2.37. The first kappa shape index (κ1) is 17.8. The zero-order valence-electron chi connectivity index (χ0n) is 11.3. The topological polar surface area (TPSA) is 46.2 Å². The summed E-state index contributed by atoms with van der Waals surface area (Å²) in [5, 5.41) is 9.75. The molecule has 0 fully saturated rings. The minimum Gasteiger partial charge on any atom is -0.391 e. The third-order valence-corrected chi connectivity index (χ3v) is 3.05. The van der Waals surface area contributed by atoms with Gasteiger partial charge in [0, 0.05) is 0 Å². The van der Waals surface area contributed by atoms with Crippen LogP contribution in [0.1, 0.15) is 36.6 Å². The Bertz CT molecular complexity index is 462. The summed E-state index contributed by atoms with van der Waals surface area (Å²) in [6.45, 7) is 3.12. The van der Waals surface area contributed by atoms with Crippen molar-refractivity contribution in [1.82, 2.24) is 0 Å². The summed E-state index contributed by atoms with van der Waals surface area (Å²) in [6.07, 6.45) is -11.1. The minimum atomic E-state index is -4.93. The van der Waals surface area contributed by atoms with Crippen LogP contribution < -0.4 is 5.73 Å². The molecule has 1 aromatic rings. The molecule has 0 saturated heterocycles. The number of aliphatic hydroxyl groups excluding tert-OH is 1. The Morgan fingerprint density at radius 2 is 1.29 bits per heavy atom. The molecule has 8 heteroatoms. The van der Waals surface area contributed by atoms with E-state index in [1.165, 1.54) is 0 Å². The number of alkyl halides is 6. The summed E-state index contributed by atoms with van der Waals surface area (Å²) in [6, 6.07) is -0.247. The van der Waals surface area contributed by atoms with Crippen LogP contribution in [-0.4, -0.2) is 11.2 Å². The largest absolute Gasteiger partial charge is 0.416 e. The van der Waals surface area contributed by atoms with Crippen LogP contribution in [0.5, 0.6) is 0 Å². The average Bonchev–Trinajstić information content (AvgIpc) is 2.34. The van der Waals surface area contributed by atoms with Crippen LogP contribution in [0.2, 0.25) is 0 Å².